The third-order valence-electron chi connectivity index (χ3n) is 1.60. The Kier molecular flexibility index (Phi) is 2.26. The number of hydrogen-bond acceptors (Lipinski definition) is 2. The minimum absolute atomic E-state index is 0. The number of carbonyl (C=O) groups is 1. The van der Waals surface area contributed by atoms with Crippen molar-refractivity contribution in [2.75, 3.05) is 5.75 Å². The highest BCUT2D eigenvalue weighted by atomic mass is 35.5. The summed E-state index contributed by atoms with van der Waals surface area (Å²) in [5, 5.41) is 0.475. The highest BCUT2D eigenvalue weighted by molar-refractivity contribution is 8.00. The van der Waals surface area contributed by atoms with Crippen molar-refractivity contribution in [3.05, 3.63) is 12.3 Å². The Bertz CT molecular complexity index is 183. The number of fused-ring (bicyclic) bond motifs is 1. The number of nitrogens with zero attached hydrogens (tertiary/aromatic N) is 1. The molecule has 0 aliphatic carbocycles. The summed E-state index contributed by atoms with van der Waals surface area (Å²) in [7, 11) is 0. The SMILES string of the molecule is Cl.O=C1CC2SCC=CN12. The minimum Gasteiger partial charge on any atom is -0.306 e. The van der Waals surface area contributed by atoms with Gasteiger partial charge in [0, 0.05) is 12.0 Å². The van der Waals surface area contributed by atoms with Crippen molar-refractivity contribution in [3.63, 3.8) is 0 Å². The number of hydrogen-bond donors (Lipinski definition) is 0. The van der Waals surface area contributed by atoms with Crippen LogP contribution in [0.5, 0.6) is 0 Å². The van der Waals surface area contributed by atoms with Crippen molar-refractivity contribution in [1.82, 2.24) is 4.90 Å². The lowest BCUT2D eigenvalue weighted by Crippen LogP contribution is -2.48. The molecule has 0 radical (unpaired) electrons. The quantitative estimate of drug-likeness (QED) is 0.519. The van der Waals surface area contributed by atoms with E-state index in [1.807, 2.05) is 24.0 Å². The van der Waals surface area contributed by atoms with Crippen LogP contribution in [0, 0.1) is 0 Å². The molecule has 2 heterocycles. The minimum atomic E-state index is 0. The molecule has 0 bridgehead atoms. The molecule has 10 heavy (non-hydrogen) atoms. The molecule has 2 nitrogen and oxygen atoms in total. The summed E-state index contributed by atoms with van der Waals surface area (Å²) in [6.45, 7) is 0. The Labute approximate surface area is 70.1 Å². The van der Waals surface area contributed by atoms with E-state index in [0.717, 1.165) is 12.2 Å². The fraction of sp³-hybridized carbons (Fsp3) is 0.500. The number of rotatable bonds is 0. The molecule has 0 aromatic rings. The molecule has 0 saturated carbocycles. The molecule has 1 saturated heterocycles. The van der Waals surface area contributed by atoms with Crippen LogP contribution in [0.4, 0.5) is 0 Å². The van der Waals surface area contributed by atoms with Gasteiger partial charge in [0.2, 0.25) is 5.91 Å². The molecule has 4 heteroatoms. The summed E-state index contributed by atoms with van der Waals surface area (Å²) in [4.78, 5) is 12.5. The van der Waals surface area contributed by atoms with E-state index in [1.54, 1.807) is 4.90 Å². The van der Waals surface area contributed by atoms with Gasteiger partial charge in [-0.2, -0.15) is 0 Å². The van der Waals surface area contributed by atoms with Crippen molar-refractivity contribution >= 4 is 30.1 Å². The van der Waals surface area contributed by atoms with Crippen LogP contribution < -0.4 is 0 Å². The molecule has 2 rings (SSSR count). The van der Waals surface area contributed by atoms with Crippen molar-refractivity contribution in [2.24, 2.45) is 0 Å². The molecule has 0 aromatic heterocycles. The summed E-state index contributed by atoms with van der Waals surface area (Å²) < 4.78 is 0. The number of β-lactam (4-membered cyclic amide) rings is 1. The number of halogens is 1. The van der Waals surface area contributed by atoms with Crippen LogP contribution in [0.3, 0.4) is 0 Å². The molecule has 1 unspecified atom stereocenters. The third-order valence-corrected chi connectivity index (χ3v) is 2.76. The summed E-state index contributed by atoms with van der Waals surface area (Å²) >= 11 is 1.84. The number of carbonyl (C=O) groups excluding carboxylic acids is 1. The molecule has 2 aliphatic heterocycles. The summed E-state index contributed by atoms with van der Waals surface area (Å²) in [5.74, 6) is 1.33. The maximum atomic E-state index is 10.7. The number of amides is 1. The Balaban J connectivity index is 0.000000500. The lowest BCUT2D eigenvalue weighted by Gasteiger charge is -2.39. The van der Waals surface area contributed by atoms with Crippen LogP contribution in [0.25, 0.3) is 0 Å². The van der Waals surface area contributed by atoms with Gasteiger partial charge in [-0.25, -0.2) is 0 Å². The van der Waals surface area contributed by atoms with E-state index >= 15 is 0 Å². The van der Waals surface area contributed by atoms with Gasteiger partial charge in [-0.05, 0) is 0 Å². The molecule has 0 spiro atoms. The summed E-state index contributed by atoms with van der Waals surface area (Å²) in [6.07, 6.45) is 4.67. The monoisotopic (exact) mass is 177 g/mol. The largest absolute Gasteiger partial charge is 0.306 e. The first-order chi connectivity index (χ1) is 4.38. The third kappa shape index (κ3) is 1.04. The van der Waals surface area contributed by atoms with Gasteiger partial charge in [0.1, 0.15) is 0 Å². The van der Waals surface area contributed by atoms with Crippen molar-refractivity contribution in [1.29, 1.82) is 0 Å². The normalized spacial score (nSPS) is 28.6. The molecule has 2 aliphatic rings. The molecule has 1 atom stereocenters. The fourth-order valence-electron chi connectivity index (χ4n) is 1.04. The fourth-order valence-corrected chi connectivity index (χ4v) is 2.07. The van der Waals surface area contributed by atoms with E-state index in [9.17, 15) is 4.79 Å². The zero-order valence-corrected chi connectivity index (χ0v) is 6.95. The second kappa shape index (κ2) is 2.84. The second-order valence-corrected chi connectivity index (χ2v) is 3.39. The van der Waals surface area contributed by atoms with Crippen LogP contribution in [-0.4, -0.2) is 21.9 Å². The predicted octanol–water partition coefficient (Wildman–Crippen LogP) is 1.23. The molecular weight excluding hydrogens is 170 g/mol. The Morgan fingerprint density at radius 1 is 1.70 bits per heavy atom. The van der Waals surface area contributed by atoms with Gasteiger partial charge in [0.25, 0.3) is 0 Å². The van der Waals surface area contributed by atoms with Crippen LogP contribution >= 0.6 is 24.2 Å². The van der Waals surface area contributed by atoms with E-state index in [-0.39, 0.29) is 18.3 Å². The maximum Gasteiger partial charge on any atom is 0.230 e. The van der Waals surface area contributed by atoms with Crippen molar-refractivity contribution in [2.45, 2.75) is 11.8 Å². The highest BCUT2D eigenvalue weighted by Crippen LogP contribution is 2.32. The lowest BCUT2D eigenvalue weighted by molar-refractivity contribution is -0.137. The lowest BCUT2D eigenvalue weighted by atomic mass is 10.2. The molecule has 1 amide bonds. The van der Waals surface area contributed by atoms with Crippen LogP contribution in [0.2, 0.25) is 0 Å². The summed E-state index contributed by atoms with van der Waals surface area (Å²) in [6, 6.07) is 0. The second-order valence-electron chi connectivity index (χ2n) is 2.18. The molecule has 0 N–H and O–H groups in total. The average Bonchev–Trinajstić information content (AvgIpc) is 1.86. The Morgan fingerprint density at radius 2 is 2.50 bits per heavy atom. The first kappa shape index (κ1) is 7.95. The Hall–Kier alpha value is -0.150. The maximum absolute atomic E-state index is 10.7. The average molecular weight is 178 g/mol. The van der Waals surface area contributed by atoms with Gasteiger partial charge in [-0.15, -0.1) is 24.2 Å². The van der Waals surface area contributed by atoms with E-state index in [1.165, 1.54) is 0 Å². The van der Waals surface area contributed by atoms with Crippen molar-refractivity contribution < 1.29 is 4.79 Å². The van der Waals surface area contributed by atoms with Gasteiger partial charge in [0.05, 0.1) is 11.8 Å². The first-order valence-electron chi connectivity index (χ1n) is 2.97. The van der Waals surface area contributed by atoms with E-state index in [2.05, 4.69) is 0 Å². The van der Waals surface area contributed by atoms with Gasteiger partial charge < -0.3 is 4.90 Å². The van der Waals surface area contributed by atoms with Gasteiger partial charge in [-0.1, -0.05) is 6.08 Å². The van der Waals surface area contributed by atoms with Gasteiger partial charge in [-0.3, -0.25) is 4.79 Å². The number of thioether (sulfide) groups is 1. The van der Waals surface area contributed by atoms with Gasteiger partial charge in [0.15, 0.2) is 0 Å². The van der Waals surface area contributed by atoms with Crippen LogP contribution in [0.15, 0.2) is 12.3 Å². The Morgan fingerprint density at radius 3 is 3.00 bits per heavy atom. The highest BCUT2D eigenvalue weighted by Gasteiger charge is 2.35. The first-order valence-corrected chi connectivity index (χ1v) is 4.02. The zero-order chi connectivity index (χ0) is 6.27. The molecule has 0 aromatic carbocycles. The molecule has 56 valence electrons. The van der Waals surface area contributed by atoms with Crippen LogP contribution in [0.1, 0.15) is 6.42 Å². The van der Waals surface area contributed by atoms with Crippen LogP contribution in [-0.2, 0) is 4.79 Å². The van der Waals surface area contributed by atoms with E-state index in [0.29, 0.717) is 5.37 Å². The van der Waals surface area contributed by atoms with Crippen molar-refractivity contribution in [3.8, 4) is 0 Å². The zero-order valence-electron chi connectivity index (χ0n) is 5.32. The van der Waals surface area contributed by atoms with Gasteiger partial charge >= 0.3 is 0 Å². The standard InChI is InChI=1S/C6H7NOS.ClH/c8-5-4-6-7(5)2-1-3-9-6;/h1-2,6H,3-4H2;1H. The smallest absolute Gasteiger partial charge is 0.230 e. The predicted molar refractivity (Wildman–Crippen MR) is 44.1 cm³/mol. The topological polar surface area (TPSA) is 20.3 Å². The van der Waals surface area contributed by atoms with E-state index < -0.39 is 0 Å². The molecular formula is C6H8ClNOS. The van der Waals surface area contributed by atoms with E-state index in [4.69, 9.17) is 0 Å². The molecule has 1 fully saturated rings. The summed E-state index contributed by atoms with van der Waals surface area (Å²) in [5.41, 5.74) is 0.